The minimum absolute atomic E-state index is 0.141. The van der Waals surface area contributed by atoms with E-state index in [1.165, 1.54) is 0 Å². The van der Waals surface area contributed by atoms with Gasteiger partial charge in [0.25, 0.3) is 5.91 Å². The zero-order valence-corrected chi connectivity index (χ0v) is 14.2. The number of hydrogen-bond acceptors (Lipinski definition) is 3. The van der Waals surface area contributed by atoms with Crippen LogP contribution in [0.4, 0.5) is 5.69 Å². The highest BCUT2D eigenvalue weighted by atomic mass is 35.5. The van der Waals surface area contributed by atoms with Gasteiger partial charge in [-0.1, -0.05) is 35.3 Å². The van der Waals surface area contributed by atoms with Gasteiger partial charge in [-0.05, 0) is 42.8 Å². The summed E-state index contributed by atoms with van der Waals surface area (Å²) in [5.41, 5.74) is 3.79. The van der Waals surface area contributed by atoms with E-state index in [9.17, 15) is 4.79 Å². The van der Waals surface area contributed by atoms with Crippen molar-refractivity contribution in [3.63, 3.8) is 0 Å². The standard InChI is InChI=1S/C18H13Cl2N3O/c1-9-6-10-7-12(16(20)21-15(10)8-13(9)19)17-22-14-5-3-2-4-11(14)18(24)23-17/h2-8,17,22H,1H3,(H,23,24)/t17-/m0/s1. The Hall–Kier alpha value is -2.30. The molecule has 0 saturated heterocycles. The number of carbonyl (C=O) groups excluding carboxylic acids is 1. The molecule has 0 radical (unpaired) electrons. The minimum Gasteiger partial charge on any atom is -0.361 e. The molecule has 0 unspecified atom stereocenters. The molecule has 0 saturated carbocycles. The van der Waals surface area contributed by atoms with Crippen LogP contribution in [0.3, 0.4) is 0 Å². The highest BCUT2D eigenvalue weighted by Crippen LogP contribution is 2.32. The third-order valence-electron chi connectivity index (χ3n) is 4.13. The second kappa shape index (κ2) is 5.65. The predicted octanol–water partition coefficient (Wildman–Crippen LogP) is 4.70. The zero-order valence-electron chi connectivity index (χ0n) is 12.7. The Balaban J connectivity index is 1.81. The number of nitrogens with zero attached hydrogens (tertiary/aromatic N) is 1. The molecule has 4 rings (SSSR count). The van der Waals surface area contributed by atoms with E-state index in [2.05, 4.69) is 15.6 Å². The third kappa shape index (κ3) is 2.48. The van der Waals surface area contributed by atoms with Gasteiger partial charge in [-0.25, -0.2) is 4.98 Å². The van der Waals surface area contributed by atoms with Gasteiger partial charge in [0.1, 0.15) is 11.3 Å². The van der Waals surface area contributed by atoms with Gasteiger partial charge in [-0.15, -0.1) is 0 Å². The number of nitrogens with one attached hydrogen (secondary N) is 2. The molecule has 1 aromatic heterocycles. The summed E-state index contributed by atoms with van der Waals surface area (Å²) in [7, 11) is 0. The van der Waals surface area contributed by atoms with Gasteiger partial charge in [0, 0.05) is 21.7 Å². The van der Waals surface area contributed by atoms with Crippen LogP contribution in [0.25, 0.3) is 10.9 Å². The van der Waals surface area contributed by atoms with Crippen molar-refractivity contribution in [3.8, 4) is 0 Å². The van der Waals surface area contributed by atoms with Crippen molar-refractivity contribution in [2.45, 2.75) is 13.1 Å². The second-order valence-corrected chi connectivity index (χ2v) is 6.52. The normalized spacial score (nSPS) is 16.5. The van der Waals surface area contributed by atoms with Crippen LogP contribution in [0, 0.1) is 6.92 Å². The highest BCUT2D eigenvalue weighted by Gasteiger charge is 2.26. The number of halogens is 2. The maximum Gasteiger partial charge on any atom is 0.255 e. The van der Waals surface area contributed by atoms with Crippen molar-refractivity contribution in [2.75, 3.05) is 5.32 Å². The van der Waals surface area contributed by atoms with E-state index >= 15 is 0 Å². The summed E-state index contributed by atoms with van der Waals surface area (Å²) in [5, 5.41) is 8.12. The summed E-state index contributed by atoms with van der Waals surface area (Å²) >= 11 is 12.5. The molecule has 1 amide bonds. The smallest absolute Gasteiger partial charge is 0.255 e. The zero-order chi connectivity index (χ0) is 16.8. The lowest BCUT2D eigenvalue weighted by molar-refractivity contribution is 0.0935. The molecule has 120 valence electrons. The van der Waals surface area contributed by atoms with Gasteiger partial charge >= 0.3 is 0 Å². The third-order valence-corrected chi connectivity index (χ3v) is 4.84. The van der Waals surface area contributed by atoms with Gasteiger partial charge in [-0.2, -0.15) is 0 Å². The molecular formula is C18H13Cl2N3O. The first kappa shape index (κ1) is 15.2. The molecular weight excluding hydrogens is 345 g/mol. The van der Waals surface area contributed by atoms with Crippen molar-refractivity contribution in [2.24, 2.45) is 0 Å². The van der Waals surface area contributed by atoms with Gasteiger partial charge in [0.05, 0.1) is 11.1 Å². The number of hydrogen-bond donors (Lipinski definition) is 2. The van der Waals surface area contributed by atoms with Crippen LogP contribution in [-0.4, -0.2) is 10.9 Å². The summed E-state index contributed by atoms with van der Waals surface area (Å²) in [6.45, 7) is 1.94. The molecule has 1 atom stereocenters. The largest absolute Gasteiger partial charge is 0.361 e. The van der Waals surface area contributed by atoms with Gasteiger partial charge in [0.15, 0.2) is 0 Å². The SMILES string of the molecule is Cc1cc2cc([C@@H]3NC(=O)c4ccccc4N3)c(Cl)nc2cc1Cl. The summed E-state index contributed by atoms with van der Waals surface area (Å²) in [6, 6.07) is 13.0. The van der Waals surface area contributed by atoms with Crippen LogP contribution >= 0.6 is 23.2 Å². The number of aryl methyl sites for hydroxylation is 1. The van der Waals surface area contributed by atoms with Crippen molar-refractivity contribution in [1.29, 1.82) is 0 Å². The van der Waals surface area contributed by atoms with Gasteiger partial charge < -0.3 is 10.6 Å². The van der Waals surface area contributed by atoms with Crippen LogP contribution < -0.4 is 10.6 Å². The van der Waals surface area contributed by atoms with Crippen molar-refractivity contribution in [3.05, 3.63) is 69.3 Å². The van der Waals surface area contributed by atoms with Crippen LogP contribution in [0.1, 0.15) is 27.7 Å². The molecule has 3 aromatic rings. The Morgan fingerprint density at radius 3 is 2.71 bits per heavy atom. The number of benzene rings is 2. The summed E-state index contributed by atoms with van der Waals surface area (Å²) in [6.07, 6.45) is -0.437. The molecule has 0 fully saturated rings. The van der Waals surface area contributed by atoms with Crippen LogP contribution in [0.15, 0.2) is 42.5 Å². The number of pyridine rings is 1. The van der Waals surface area contributed by atoms with E-state index in [1.807, 2.05) is 37.3 Å². The molecule has 4 nitrogen and oxygen atoms in total. The molecule has 24 heavy (non-hydrogen) atoms. The fourth-order valence-corrected chi connectivity index (χ4v) is 3.28. The number of anilines is 1. The van der Waals surface area contributed by atoms with E-state index < -0.39 is 6.17 Å². The van der Waals surface area contributed by atoms with Gasteiger partial charge in [0.2, 0.25) is 0 Å². The number of aromatic nitrogens is 1. The number of para-hydroxylation sites is 1. The molecule has 0 bridgehead atoms. The fourth-order valence-electron chi connectivity index (χ4n) is 2.87. The predicted molar refractivity (Wildman–Crippen MR) is 96.8 cm³/mol. The molecule has 0 spiro atoms. The highest BCUT2D eigenvalue weighted by molar-refractivity contribution is 6.32. The number of fused-ring (bicyclic) bond motifs is 2. The van der Waals surface area contributed by atoms with Crippen LogP contribution in [-0.2, 0) is 0 Å². The van der Waals surface area contributed by atoms with E-state index in [0.29, 0.717) is 21.3 Å². The average Bonchev–Trinajstić information content (AvgIpc) is 2.56. The topological polar surface area (TPSA) is 54.0 Å². The second-order valence-electron chi connectivity index (χ2n) is 5.76. The minimum atomic E-state index is -0.437. The quantitative estimate of drug-likeness (QED) is 0.620. The van der Waals surface area contributed by atoms with Crippen molar-refractivity contribution in [1.82, 2.24) is 10.3 Å². The lowest BCUT2D eigenvalue weighted by atomic mass is 10.0. The molecule has 2 aromatic carbocycles. The van der Waals surface area contributed by atoms with Gasteiger partial charge in [-0.3, -0.25) is 4.79 Å². The first-order valence-electron chi connectivity index (χ1n) is 7.45. The Morgan fingerprint density at radius 2 is 1.88 bits per heavy atom. The summed E-state index contributed by atoms with van der Waals surface area (Å²) < 4.78 is 0. The van der Waals surface area contributed by atoms with Crippen LogP contribution in [0.5, 0.6) is 0 Å². The Bertz CT molecular complexity index is 987. The van der Waals surface area contributed by atoms with E-state index in [-0.39, 0.29) is 5.91 Å². The maximum absolute atomic E-state index is 12.3. The van der Waals surface area contributed by atoms with Crippen molar-refractivity contribution < 1.29 is 4.79 Å². The van der Waals surface area contributed by atoms with Crippen molar-refractivity contribution >= 4 is 45.7 Å². The fraction of sp³-hybridized carbons (Fsp3) is 0.111. The first-order valence-corrected chi connectivity index (χ1v) is 8.21. The number of rotatable bonds is 1. The molecule has 1 aliphatic heterocycles. The monoisotopic (exact) mass is 357 g/mol. The van der Waals surface area contributed by atoms with E-state index in [4.69, 9.17) is 23.2 Å². The molecule has 6 heteroatoms. The number of carbonyl (C=O) groups is 1. The van der Waals surface area contributed by atoms with Crippen LogP contribution in [0.2, 0.25) is 10.2 Å². The van der Waals surface area contributed by atoms with E-state index in [0.717, 1.165) is 22.2 Å². The maximum atomic E-state index is 12.3. The Kier molecular flexibility index (Phi) is 3.59. The Morgan fingerprint density at radius 1 is 1.08 bits per heavy atom. The summed E-state index contributed by atoms with van der Waals surface area (Å²) in [5.74, 6) is -0.141. The lowest BCUT2D eigenvalue weighted by Crippen LogP contribution is -2.38. The average molecular weight is 358 g/mol. The summed E-state index contributed by atoms with van der Waals surface area (Å²) in [4.78, 5) is 16.7. The van der Waals surface area contributed by atoms with E-state index in [1.54, 1.807) is 12.1 Å². The molecule has 2 N–H and O–H groups in total. The first-order chi connectivity index (χ1) is 11.5. The lowest BCUT2D eigenvalue weighted by Gasteiger charge is -2.28. The molecule has 2 heterocycles. The molecule has 1 aliphatic rings. The molecule has 0 aliphatic carbocycles. The Labute approximate surface area is 148 Å². The number of amides is 1.